The fourth-order valence-corrected chi connectivity index (χ4v) is 3.45. The quantitative estimate of drug-likeness (QED) is 0.705. The molecule has 0 spiro atoms. The summed E-state index contributed by atoms with van der Waals surface area (Å²) in [6, 6.07) is 0. The van der Waals surface area contributed by atoms with Crippen molar-refractivity contribution in [2.75, 3.05) is 13.1 Å². The molecule has 104 valence electrons. The lowest BCUT2D eigenvalue weighted by Crippen LogP contribution is -2.46. The maximum absolute atomic E-state index is 12.3. The molecule has 2 aliphatic carbocycles. The van der Waals surface area contributed by atoms with Crippen molar-refractivity contribution >= 4 is 5.91 Å². The summed E-state index contributed by atoms with van der Waals surface area (Å²) in [6.07, 6.45) is 7.87. The van der Waals surface area contributed by atoms with Gasteiger partial charge < -0.3 is 16.2 Å². The Hall–Kier alpha value is -0.610. The topological polar surface area (TPSA) is 75.4 Å². The average Bonchev–Trinajstić information content (AvgIpc) is 2.86. The van der Waals surface area contributed by atoms with Crippen LogP contribution >= 0.6 is 0 Å². The first-order valence-corrected chi connectivity index (χ1v) is 7.33. The third-order valence-electron chi connectivity index (χ3n) is 4.74. The van der Waals surface area contributed by atoms with E-state index in [0.717, 1.165) is 51.4 Å². The third-order valence-corrected chi connectivity index (χ3v) is 4.74. The van der Waals surface area contributed by atoms with Gasteiger partial charge in [0.25, 0.3) is 0 Å². The molecule has 0 saturated heterocycles. The molecule has 0 heterocycles. The summed E-state index contributed by atoms with van der Waals surface area (Å²) in [5.41, 5.74) is 5.50. The lowest BCUT2D eigenvalue weighted by atomic mass is 9.84. The van der Waals surface area contributed by atoms with E-state index in [4.69, 9.17) is 5.73 Å². The van der Waals surface area contributed by atoms with Gasteiger partial charge in [-0.05, 0) is 38.0 Å². The van der Waals surface area contributed by atoms with Gasteiger partial charge in [-0.3, -0.25) is 4.79 Å². The Labute approximate surface area is 109 Å². The monoisotopic (exact) mass is 254 g/mol. The van der Waals surface area contributed by atoms with Crippen molar-refractivity contribution in [3.63, 3.8) is 0 Å². The van der Waals surface area contributed by atoms with Crippen LogP contribution in [-0.4, -0.2) is 30.2 Å². The number of nitrogens with one attached hydrogen (secondary N) is 1. The maximum Gasteiger partial charge on any atom is 0.227 e. The number of carbonyl (C=O) groups is 1. The van der Waals surface area contributed by atoms with Crippen molar-refractivity contribution in [3.8, 4) is 0 Å². The van der Waals surface area contributed by atoms with Gasteiger partial charge in [-0.2, -0.15) is 0 Å². The summed E-state index contributed by atoms with van der Waals surface area (Å²) in [4.78, 5) is 12.3. The van der Waals surface area contributed by atoms with E-state index in [1.54, 1.807) is 0 Å². The molecule has 4 nitrogen and oxygen atoms in total. The highest BCUT2D eigenvalue weighted by atomic mass is 16.3. The van der Waals surface area contributed by atoms with E-state index in [9.17, 15) is 9.90 Å². The maximum atomic E-state index is 12.3. The second kappa shape index (κ2) is 6.02. The lowest BCUT2D eigenvalue weighted by molar-refractivity contribution is -0.130. The summed E-state index contributed by atoms with van der Waals surface area (Å²) in [5, 5.41) is 12.7. The fraction of sp³-hybridized carbons (Fsp3) is 0.929. The fourth-order valence-electron chi connectivity index (χ4n) is 3.45. The second-order valence-electron chi connectivity index (χ2n) is 6.09. The first kappa shape index (κ1) is 13.8. The minimum atomic E-state index is -0.298. The smallest absolute Gasteiger partial charge is 0.227 e. The molecule has 1 amide bonds. The Morgan fingerprint density at radius 3 is 2.61 bits per heavy atom. The minimum Gasteiger partial charge on any atom is -0.393 e. The summed E-state index contributed by atoms with van der Waals surface area (Å²) in [7, 11) is 0. The van der Waals surface area contributed by atoms with Crippen LogP contribution < -0.4 is 11.1 Å². The van der Waals surface area contributed by atoms with E-state index in [1.165, 1.54) is 0 Å². The Morgan fingerprint density at radius 2 is 2.00 bits per heavy atom. The number of aliphatic hydroxyl groups excluding tert-OH is 1. The number of hydrogen-bond acceptors (Lipinski definition) is 3. The van der Waals surface area contributed by atoms with Crippen LogP contribution in [0.5, 0.6) is 0 Å². The van der Waals surface area contributed by atoms with Gasteiger partial charge in [0, 0.05) is 13.1 Å². The first-order valence-electron chi connectivity index (χ1n) is 7.33. The Balaban J connectivity index is 1.80. The van der Waals surface area contributed by atoms with E-state index in [2.05, 4.69) is 5.32 Å². The SMILES string of the molecule is NCC1(C(=O)NCC2CCCC(O)C2)CCCC1. The summed E-state index contributed by atoms with van der Waals surface area (Å²) >= 11 is 0. The summed E-state index contributed by atoms with van der Waals surface area (Å²) in [5.74, 6) is 0.580. The Morgan fingerprint density at radius 1 is 1.28 bits per heavy atom. The van der Waals surface area contributed by atoms with Crippen LogP contribution in [0, 0.1) is 11.3 Å². The van der Waals surface area contributed by atoms with Crippen LogP contribution in [0.15, 0.2) is 0 Å². The molecule has 2 aliphatic rings. The molecule has 2 unspecified atom stereocenters. The first-order chi connectivity index (χ1) is 8.66. The average molecular weight is 254 g/mol. The van der Waals surface area contributed by atoms with E-state index in [-0.39, 0.29) is 17.4 Å². The minimum absolute atomic E-state index is 0.141. The molecule has 4 N–H and O–H groups in total. The van der Waals surface area contributed by atoms with E-state index in [0.29, 0.717) is 19.0 Å². The molecule has 0 aliphatic heterocycles. The highest BCUT2D eigenvalue weighted by Gasteiger charge is 2.39. The van der Waals surface area contributed by atoms with Gasteiger partial charge in [0.2, 0.25) is 5.91 Å². The van der Waals surface area contributed by atoms with Gasteiger partial charge in [0.05, 0.1) is 11.5 Å². The molecule has 2 atom stereocenters. The lowest BCUT2D eigenvalue weighted by Gasteiger charge is -2.29. The van der Waals surface area contributed by atoms with Crippen LogP contribution in [0.25, 0.3) is 0 Å². The van der Waals surface area contributed by atoms with Crippen LogP contribution in [0.2, 0.25) is 0 Å². The largest absolute Gasteiger partial charge is 0.393 e. The van der Waals surface area contributed by atoms with Crippen LogP contribution in [-0.2, 0) is 4.79 Å². The van der Waals surface area contributed by atoms with E-state index < -0.39 is 0 Å². The van der Waals surface area contributed by atoms with Crippen molar-refractivity contribution in [3.05, 3.63) is 0 Å². The normalized spacial score (nSPS) is 31.2. The second-order valence-corrected chi connectivity index (χ2v) is 6.09. The molecular weight excluding hydrogens is 228 g/mol. The van der Waals surface area contributed by atoms with Gasteiger partial charge >= 0.3 is 0 Å². The number of amides is 1. The molecule has 18 heavy (non-hydrogen) atoms. The molecule has 0 radical (unpaired) electrons. The van der Waals surface area contributed by atoms with Crippen molar-refractivity contribution in [1.82, 2.24) is 5.32 Å². The number of hydrogen-bond donors (Lipinski definition) is 3. The predicted molar refractivity (Wildman–Crippen MR) is 70.9 cm³/mol. The molecule has 0 aromatic rings. The van der Waals surface area contributed by atoms with E-state index in [1.807, 2.05) is 0 Å². The van der Waals surface area contributed by atoms with Gasteiger partial charge in [0.15, 0.2) is 0 Å². The molecule has 4 heteroatoms. The Kier molecular flexibility index (Phi) is 4.62. The van der Waals surface area contributed by atoms with Gasteiger partial charge in [-0.15, -0.1) is 0 Å². The van der Waals surface area contributed by atoms with Crippen LogP contribution in [0.3, 0.4) is 0 Å². The molecule has 0 aromatic carbocycles. The number of rotatable bonds is 4. The third kappa shape index (κ3) is 3.04. The molecule has 0 aromatic heterocycles. The van der Waals surface area contributed by atoms with Crippen LogP contribution in [0.1, 0.15) is 51.4 Å². The van der Waals surface area contributed by atoms with Gasteiger partial charge in [-0.1, -0.05) is 19.3 Å². The van der Waals surface area contributed by atoms with Crippen molar-refractivity contribution in [1.29, 1.82) is 0 Å². The molecule has 0 bridgehead atoms. The van der Waals surface area contributed by atoms with Crippen molar-refractivity contribution in [2.24, 2.45) is 17.1 Å². The highest BCUT2D eigenvalue weighted by Crippen LogP contribution is 2.37. The van der Waals surface area contributed by atoms with Crippen LogP contribution in [0.4, 0.5) is 0 Å². The molecular formula is C14H26N2O2. The number of aliphatic hydroxyl groups is 1. The highest BCUT2D eigenvalue weighted by molar-refractivity contribution is 5.83. The van der Waals surface area contributed by atoms with Gasteiger partial charge in [-0.25, -0.2) is 0 Å². The molecule has 2 rings (SSSR count). The number of carbonyl (C=O) groups excluding carboxylic acids is 1. The van der Waals surface area contributed by atoms with Crippen molar-refractivity contribution in [2.45, 2.75) is 57.5 Å². The predicted octanol–water partition coefficient (Wildman–Crippen LogP) is 1.17. The zero-order valence-corrected chi connectivity index (χ0v) is 11.2. The van der Waals surface area contributed by atoms with Crippen molar-refractivity contribution < 1.29 is 9.90 Å². The zero-order chi connectivity index (χ0) is 13.0. The molecule has 2 saturated carbocycles. The summed E-state index contributed by atoms with van der Waals surface area (Å²) in [6.45, 7) is 1.17. The standard InChI is InChI=1S/C14H26N2O2/c15-10-14(6-1-2-7-14)13(18)16-9-11-4-3-5-12(17)8-11/h11-12,17H,1-10,15H2,(H,16,18). The summed E-state index contributed by atoms with van der Waals surface area (Å²) < 4.78 is 0. The Bertz CT molecular complexity index is 288. The number of nitrogens with two attached hydrogens (primary N) is 1. The van der Waals surface area contributed by atoms with E-state index >= 15 is 0 Å². The zero-order valence-electron chi connectivity index (χ0n) is 11.2. The van der Waals surface area contributed by atoms with Gasteiger partial charge in [0.1, 0.15) is 0 Å². The molecule has 2 fully saturated rings.